The third-order valence-corrected chi connectivity index (χ3v) is 5.47. The predicted molar refractivity (Wildman–Crippen MR) is 128 cm³/mol. The van der Waals surface area contributed by atoms with Crippen LogP contribution in [-0.4, -0.2) is 45.3 Å². The average Bonchev–Trinajstić information content (AvgIpc) is 2.73. The zero-order valence-electron chi connectivity index (χ0n) is 18.1. The lowest BCUT2D eigenvalue weighted by Gasteiger charge is -2.29. The Morgan fingerprint density at radius 3 is 2.41 bits per heavy atom. The van der Waals surface area contributed by atoms with Crippen molar-refractivity contribution in [1.29, 1.82) is 0 Å². The molecule has 1 aliphatic rings. The van der Waals surface area contributed by atoms with Gasteiger partial charge in [-0.25, -0.2) is 0 Å². The topological polar surface area (TPSA) is 72.0 Å². The molecule has 1 saturated carbocycles. The number of nitrogens with zero attached hydrogens (tertiary/aromatic N) is 1. The summed E-state index contributed by atoms with van der Waals surface area (Å²) in [5, 5.41) is 6.91. The summed E-state index contributed by atoms with van der Waals surface area (Å²) in [6.07, 6.45) is 4.70. The molecule has 1 aromatic carbocycles. The van der Waals surface area contributed by atoms with Crippen molar-refractivity contribution in [1.82, 2.24) is 10.6 Å². The van der Waals surface area contributed by atoms with Gasteiger partial charge in [-0.1, -0.05) is 19.1 Å². The predicted octanol–water partition coefficient (Wildman–Crippen LogP) is 4.09. The number of carbonyl (C=O) groups excluding carboxylic acids is 1. The SMILES string of the molecule is CCOC(=O)C1CCC(NC(=NC)NCCC(C)c2ccc(OC)cc2)CC1.I. The zero-order chi connectivity index (χ0) is 20.4. The second-order valence-electron chi connectivity index (χ2n) is 7.41. The Balaban J connectivity index is 0.00000420. The van der Waals surface area contributed by atoms with Gasteiger partial charge in [-0.3, -0.25) is 9.79 Å². The van der Waals surface area contributed by atoms with E-state index in [1.54, 1.807) is 14.2 Å². The summed E-state index contributed by atoms with van der Waals surface area (Å²) >= 11 is 0. The molecule has 1 unspecified atom stereocenters. The first-order valence-electron chi connectivity index (χ1n) is 10.3. The molecule has 0 bridgehead atoms. The van der Waals surface area contributed by atoms with Crippen LogP contribution in [0.25, 0.3) is 0 Å². The molecule has 7 heteroatoms. The molecule has 2 rings (SSSR count). The highest BCUT2D eigenvalue weighted by Crippen LogP contribution is 2.25. The van der Waals surface area contributed by atoms with Crippen molar-refractivity contribution in [3.63, 3.8) is 0 Å². The van der Waals surface area contributed by atoms with E-state index < -0.39 is 0 Å². The normalized spacial score (nSPS) is 20.2. The number of nitrogens with one attached hydrogen (secondary N) is 2. The molecule has 0 radical (unpaired) electrons. The quantitative estimate of drug-likeness (QED) is 0.235. The number of ether oxygens (including phenoxy) is 2. The van der Waals surface area contributed by atoms with E-state index in [-0.39, 0.29) is 35.9 Å². The van der Waals surface area contributed by atoms with Gasteiger partial charge in [0.25, 0.3) is 0 Å². The summed E-state index contributed by atoms with van der Waals surface area (Å²) in [4.78, 5) is 16.2. The van der Waals surface area contributed by atoms with Crippen LogP contribution in [0, 0.1) is 5.92 Å². The maximum atomic E-state index is 11.9. The monoisotopic (exact) mass is 517 g/mol. The van der Waals surface area contributed by atoms with Crippen LogP contribution < -0.4 is 15.4 Å². The first-order valence-corrected chi connectivity index (χ1v) is 10.3. The van der Waals surface area contributed by atoms with Gasteiger partial charge < -0.3 is 20.1 Å². The third kappa shape index (κ3) is 8.40. The second-order valence-corrected chi connectivity index (χ2v) is 7.41. The van der Waals surface area contributed by atoms with Crippen molar-refractivity contribution in [2.75, 3.05) is 27.3 Å². The maximum absolute atomic E-state index is 11.9. The van der Waals surface area contributed by atoms with Gasteiger partial charge in [0.05, 0.1) is 19.6 Å². The summed E-state index contributed by atoms with van der Waals surface area (Å²) in [7, 11) is 3.48. The summed E-state index contributed by atoms with van der Waals surface area (Å²) in [5.74, 6) is 2.18. The van der Waals surface area contributed by atoms with Gasteiger partial charge in [0.1, 0.15) is 5.75 Å². The van der Waals surface area contributed by atoms with Gasteiger partial charge in [0.2, 0.25) is 0 Å². The Morgan fingerprint density at radius 2 is 1.86 bits per heavy atom. The molecular weight excluding hydrogens is 481 g/mol. The zero-order valence-corrected chi connectivity index (χ0v) is 20.4. The van der Waals surface area contributed by atoms with Crippen molar-refractivity contribution >= 4 is 35.9 Å². The number of hydrogen-bond donors (Lipinski definition) is 2. The van der Waals surface area contributed by atoms with Gasteiger partial charge >= 0.3 is 5.97 Å². The number of esters is 1. The number of carbonyl (C=O) groups is 1. The van der Waals surface area contributed by atoms with Gasteiger partial charge in [0.15, 0.2) is 5.96 Å². The highest BCUT2D eigenvalue weighted by Gasteiger charge is 2.27. The van der Waals surface area contributed by atoms with Crippen LogP contribution >= 0.6 is 24.0 Å². The summed E-state index contributed by atoms with van der Waals surface area (Å²) in [5.41, 5.74) is 1.31. The van der Waals surface area contributed by atoms with Crippen molar-refractivity contribution in [2.24, 2.45) is 10.9 Å². The number of guanidine groups is 1. The minimum Gasteiger partial charge on any atom is -0.497 e. The number of aliphatic imine (C=N–C) groups is 1. The molecule has 1 aromatic rings. The Morgan fingerprint density at radius 1 is 1.21 bits per heavy atom. The molecule has 6 nitrogen and oxygen atoms in total. The average molecular weight is 517 g/mol. The van der Waals surface area contributed by atoms with Crippen LogP contribution in [0.1, 0.15) is 57.4 Å². The fraction of sp³-hybridized carbons (Fsp3) is 0.636. The van der Waals surface area contributed by atoms with Crippen LogP contribution in [0.5, 0.6) is 5.75 Å². The number of hydrogen-bond acceptors (Lipinski definition) is 4. The molecule has 164 valence electrons. The molecule has 0 aliphatic heterocycles. The van der Waals surface area contributed by atoms with Gasteiger partial charge in [-0.15, -0.1) is 24.0 Å². The molecule has 2 N–H and O–H groups in total. The van der Waals surface area contributed by atoms with E-state index in [9.17, 15) is 4.79 Å². The van der Waals surface area contributed by atoms with Crippen molar-refractivity contribution in [2.45, 2.75) is 57.9 Å². The number of halogens is 1. The van der Waals surface area contributed by atoms with Gasteiger partial charge in [-0.05, 0) is 62.6 Å². The molecular formula is C22H36IN3O3. The highest BCUT2D eigenvalue weighted by molar-refractivity contribution is 14.0. The standard InChI is InChI=1S/C22H35N3O3.HI/c1-5-28-21(26)18-6-10-19(11-7-18)25-22(23-3)24-15-14-16(2)17-8-12-20(27-4)13-9-17;/h8-9,12-13,16,18-19H,5-7,10-11,14-15H2,1-4H3,(H2,23,24,25);1H. The number of methoxy groups -OCH3 is 1. The van der Waals surface area contributed by atoms with E-state index in [2.05, 4.69) is 34.7 Å². The van der Waals surface area contributed by atoms with Crippen LogP contribution in [0.4, 0.5) is 0 Å². The maximum Gasteiger partial charge on any atom is 0.308 e. The van der Waals surface area contributed by atoms with E-state index in [4.69, 9.17) is 9.47 Å². The fourth-order valence-electron chi connectivity index (χ4n) is 3.63. The van der Waals surface area contributed by atoms with Gasteiger partial charge in [-0.2, -0.15) is 0 Å². The van der Waals surface area contributed by atoms with Crippen molar-refractivity contribution < 1.29 is 14.3 Å². The molecule has 1 aliphatic carbocycles. The van der Waals surface area contributed by atoms with Crippen molar-refractivity contribution in [3.8, 4) is 5.75 Å². The van der Waals surface area contributed by atoms with Gasteiger partial charge in [0, 0.05) is 19.6 Å². The van der Waals surface area contributed by atoms with E-state index in [0.717, 1.165) is 50.4 Å². The van der Waals surface area contributed by atoms with Crippen LogP contribution in [0.15, 0.2) is 29.3 Å². The lowest BCUT2D eigenvalue weighted by Crippen LogP contribution is -2.45. The Hall–Kier alpha value is -1.51. The first-order chi connectivity index (χ1) is 13.6. The number of benzene rings is 1. The van der Waals surface area contributed by atoms with E-state index in [0.29, 0.717) is 18.6 Å². The summed E-state index contributed by atoms with van der Waals surface area (Å²) in [6, 6.07) is 8.62. The number of rotatable bonds is 8. The third-order valence-electron chi connectivity index (χ3n) is 5.47. The lowest BCUT2D eigenvalue weighted by atomic mass is 9.86. The smallest absolute Gasteiger partial charge is 0.308 e. The molecule has 1 fully saturated rings. The molecule has 0 saturated heterocycles. The minimum atomic E-state index is -0.0454. The molecule has 0 spiro atoms. The molecule has 1 atom stereocenters. The van der Waals surface area contributed by atoms with Crippen molar-refractivity contribution in [3.05, 3.63) is 29.8 Å². The summed E-state index contributed by atoms with van der Waals surface area (Å²) in [6.45, 7) is 5.40. The fourth-order valence-corrected chi connectivity index (χ4v) is 3.63. The molecule has 29 heavy (non-hydrogen) atoms. The Bertz CT molecular complexity index is 629. The first kappa shape index (κ1) is 25.5. The minimum absolute atomic E-state index is 0. The van der Waals surface area contributed by atoms with E-state index in [1.807, 2.05) is 19.1 Å². The van der Waals surface area contributed by atoms with E-state index >= 15 is 0 Å². The molecule has 0 aromatic heterocycles. The van der Waals surface area contributed by atoms with Crippen LogP contribution in [0.2, 0.25) is 0 Å². The highest BCUT2D eigenvalue weighted by atomic mass is 127. The second kappa shape index (κ2) is 13.7. The van der Waals surface area contributed by atoms with Crippen LogP contribution in [0.3, 0.4) is 0 Å². The van der Waals surface area contributed by atoms with Crippen LogP contribution in [-0.2, 0) is 9.53 Å². The summed E-state index contributed by atoms with van der Waals surface area (Å²) < 4.78 is 10.4. The molecule has 0 heterocycles. The lowest BCUT2D eigenvalue weighted by molar-refractivity contribution is -0.149. The Labute approximate surface area is 192 Å². The van der Waals surface area contributed by atoms with E-state index in [1.165, 1.54) is 5.56 Å². The largest absolute Gasteiger partial charge is 0.497 e. The Kier molecular flexibility index (Phi) is 12.0. The molecule has 0 amide bonds.